The van der Waals surface area contributed by atoms with Crippen LogP contribution in [0.15, 0.2) is 66.9 Å². The highest BCUT2D eigenvalue weighted by Gasteiger charge is 2.28. The molecule has 0 saturated carbocycles. The van der Waals surface area contributed by atoms with Crippen molar-refractivity contribution in [1.29, 1.82) is 0 Å². The largest absolute Gasteiger partial charge is 0.368 e. The van der Waals surface area contributed by atoms with E-state index in [0.29, 0.717) is 43.4 Å². The summed E-state index contributed by atoms with van der Waals surface area (Å²) in [6, 6.07) is 19.3. The van der Waals surface area contributed by atoms with Gasteiger partial charge in [-0.05, 0) is 42.3 Å². The molecule has 0 radical (unpaired) electrons. The number of hydrogen-bond acceptors (Lipinski definition) is 3. The number of halogens is 1. The van der Waals surface area contributed by atoms with E-state index in [9.17, 15) is 9.59 Å². The monoisotopic (exact) mass is 421 g/mol. The normalized spacial score (nSPS) is 14.1. The Hall–Kier alpha value is -3.05. The molecule has 0 N–H and O–H groups in total. The van der Waals surface area contributed by atoms with E-state index in [1.165, 1.54) is 0 Å². The van der Waals surface area contributed by atoms with E-state index in [2.05, 4.69) is 4.90 Å². The zero-order valence-corrected chi connectivity index (χ0v) is 17.7. The maximum Gasteiger partial charge on any atom is 0.296 e. The van der Waals surface area contributed by atoms with Gasteiger partial charge in [0, 0.05) is 49.6 Å². The lowest BCUT2D eigenvalue weighted by Crippen LogP contribution is -2.51. The molecule has 6 heteroatoms. The van der Waals surface area contributed by atoms with Gasteiger partial charge in [0.05, 0.1) is 5.69 Å². The lowest BCUT2D eigenvalue weighted by Gasteiger charge is -2.36. The van der Waals surface area contributed by atoms with Gasteiger partial charge in [-0.1, -0.05) is 48.0 Å². The Morgan fingerprint density at radius 2 is 1.67 bits per heavy atom. The predicted molar refractivity (Wildman–Crippen MR) is 119 cm³/mol. The van der Waals surface area contributed by atoms with Gasteiger partial charge >= 0.3 is 0 Å². The molecular weight excluding hydrogens is 398 g/mol. The number of Topliss-reactive ketones (excluding diaryl/α,β-unsaturated/α-hetero) is 1. The number of anilines is 1. The topological polar surface area (TPSA) is 45.6 Å². The lowest BCUT2D eigenvalue weighted by atomic mass is 10.1. The Morgan fingerprint density at radius 1 is 0.933 bits per heavy atom. The molecule has 1 fully saturated rings. The van der Waals surface area contributed by atoms with E-state index in [0.717, 1.165) is 16.8 Å². The Morgan fingerprint density at radius 3 is 2.40 bits per heavy atom. The Labute approximate surface area is 181 Å². The quantitative estimate of drug-likeness (QED) is 0.461. The summed E-state index contributed by atoms with van der Waals surface area (Å²) in [4.78, 5) is 29.7. The first-order valence-corrected chi connectivity index (χ1v) is 10.4. The van der Waals surface area contributed by atoms with E-state index in [1.807, 2.05) is 72.3 Å². The summed E-state index contributed by atoms with van der Waals surface area (Å²) in [6.07, 6.45) is 1.84. The van der Waals surface area contributed by atoms with Gasteiger partial charge in [0.25, 0.3) is 11.7 Å². The molecule has 1 saturated heterocycles. The minimum absolute atomic E-state index is 0.428. The summed E-state index contributed by atoms with van der Waals surface area (Å²) in [5.41, 5.74) is 3.74. The Balaban J connectivity index is 1.42. The van der Waals surface area contributed by atoms with Crippen LogP contribution in [0.25, 0.3) is 0 Å². The third-order valence-electron chi connectivity index (χ3n) is 5.53. The zero-order valence-electron chi connectivity index (χ0n) is 16.9. The molecule has 4 rings (SSSR count). The van der Waals surface area contributed by atoms with Crippen LogP contribution >= 0.6 is 11.6 Å². The summed E-state index contributed by atoms with van der Waals surface area (Å²) < 4.78 is 1.83. The van der Waals surface area contributed by atoms with Crippen LogP contribution in [0.2, 0.25) is 5.02 Å². The molecule has 1 aliphatic rings. The van der Waals surface area contributed by atoms with Crippen LogP contribution in [0, 0.1) is 6.92 Å². The van der Waals surface area contributed by atoms with Gasteiger partial charge < -0.3 is 14.4 Å². The molecule has 30 heavy (non-hydrogen) atoms. The third-order valence-corrected chi connectivity index (χ3v) is 5.77. The van der Waals surface area contributed by atoms with Crippen molar-refractivity contribution >= 4 is 29.0 Å². The van der Waals surface area contributed by atoms with Crippen molar-refractivity contribution in [1.82, 2.24) is 9.47 Å². The van der Waals surface area contributed by atoms with E-state index >= 15 is 0 Å². The number of nitrogens with zero attached hydrogens (tertiary/aromatic N) is 3. The van der Waals surface area contributed by atoms with Crippen molar-refractivity contribution in [3.63, 3.8) is 0 Å². The number of rotatable bonds is 5. The standard InChI is InChI=1S/C24H24ClN3O2/c1-18-9-10-20(25)16-22(18)26-12-14-27(15-13-26)24(30)23(29)21-8-5-11-28(21)17-19-6-3-2-4-7-19/h2-11,16H,12-15,17H2,1H3. The fraction of sp³-hybridized carbons (Fsp3) is 0.250. The van der Waals surface area contributed by atoms with Crippen LogP contribution in [0.5, 0.6) is 0 Å². The molecule has 1 aliphatic heterocycles. The number of piperazine rings is 1. The zero-order chi connectivity index (χ0) is 21.1. The SMILES string of the molecule is Cc1ccc(Cl)cc1N1CCN(C(=O)C(=O)c2cccn2Cc2ccccc2)CC1. The molecule has 0 spiro atoms. The van der Waals surface area contributed by atoms with Crippen LogP contribution < -0.4 is 4.90 Å². The van der Waals surface area contributed by atoms with Crippen molar-refractivity contribution in [3.8, 4) is 0 Å². The molecule has 2 heterocycles. The third kappa shape index (κ3) is 4.26. The van der Waals surface area contributed by atoms with Crippen LogP contribution in [0.3, 0.4) is 0 Å². The van der Waals surface area contributed by atoms with Gasteiger partial charge in [-0.3, -0.25) is 9.59 Å². The smallest absolute Gasteiger partial charge is 0.296 e. The number of aryl methyl sites for hydroxylation is 1. The molecule has 1 aromatic heterocycles. The van der Waals surface area contributed by atoms with Crippen molar-refractivity contribution in [2.24, 2.45) is 0 Å². The summed E-state index contributed by atoms with van der Waals surface area (Å²) in [5.74, 6) is -0.895. The van der Waals surface area contributed by atoms with Crippen LogP contribution in [0.1, 0.15) is 21.6 Å². The number of aromatic nitrogens is 1. The number of benzene rings is 2. The van der Waals surface area contributed by atoms with Gasteiger partial charge in [-0.2, -0.15) is 0 Å². The molecule has 154 valence electrons. The summed E-state index contributed by atoms with van der Waals surface area (Å²) in [6.45, 7) is 4.97. The molecule has 0 aliphatic carbocycles. The fourth-order valence-electron chi connectivity index (χ4n) is 3.87. The maximum atomic E-state index is 12.9. The summed E-state index contributed by atoms with van der Waals surface area (Å²) in [7, 11) is 0. The number of amides is 1. The Bertz CT molecular complexity index is 1050. The number of ketones is 1. The molecule has 2 aromatic carbocycles. The summed E-state index contributed by atoms with van der Waals surface area (Å²) >= 11 is 6.15. The fourth-order valence-corrected chi connectivity index (χ4v) is 4.03. The molecule has 0 atom stereocenters. The van der Waals surface area contributed by atoms with Crippen molar-refractivity contribution in [2.45, 2.75) is 13.5 Å². The average Bonchev–Trinajstić information content (AvgIpc) is 3.23. The van der Waals surface area contributed by atoms with Gasteiger partial charge in [0.2, 0.25) is 0 Å². The highest BCUT2D eigenvalue weighted by atomic mass is 35.5. The second kappa shape index (κ2) is 8.76. The lowest BCUT2D eigenvalue weighted by molar-refractivity contribution is -0.126. The van der Waals surface area contributed by atoms with E-state index < -0.39 is 11.7 Å². The van der Waals surface area contributed by atoms with Gasteiger partial charge in [-0.25, -0.2) is 0 Å². The second-order valence-electron chi connectivity index (χ2n) is 7.55. The van der Waals surface area contributed by atoms with E-state index in [4.69, 9.17) is 11.6 Å². The summed E-state index contributed by atoms with van der Waals surface area (Å²) in [5, 5.41) is 0.698. The van der Waals surface area contributed by atoms with Crippen LogP contribution in [-0.4, -0.2) is 47.3 Å². The van der Waals surface area contributed by atoms with Crippen molar-refractivity contribution < 1.29 is 9.59 Å². The van der Waals surface area contributed by atoms with Crippen molar-refractivity contribution in [2.75, 3.05) is 31.1 Å². The first-order chi connectivity index (χ1) is 14.5. The highest BCUT2D eigenvalue weighted by molar-refractivity contribution is 6.42. The number of carbonyl (C=O) groups is 2. The highest BCUT2D eigenvalue weighted by Crippen LogP contribution is 2.25. The molecule has 5 nitrogen and oxygen atoms in total. The van der Waals surface area contributed by atoms with Crippen LogP contribution in [-0.2, 0) is 11.3 Å². The minimum atomic E-state index is -0.455. The van der Waals surface area contributed by atoms with Gasteiger partial charge in [-0.15, -0.1) is 0 Å². The van der Waals surface area contributed by atoms with Crippen LogP contribution in [0.4, 0.5) is 5.69 Å². The van der Waals surface area contributed by atoms with Gasteiger partial charge in [0.15, 0.2) is 0 Å². The van der Waals surface area contributed by atoms with E-state index in [-0.39, 0.29) is 0 Å². The van der Waals surface area contributed by atoms with Gasteiger partial charge in [0.1, 0.15) is 0 Å². The average molecular weight is 422 g/mol. The number of carbonyl (C=O) groups excluding carboxylic acids is 2. The maximum absolute atomic E-state index is 12.9. The molecule has 0 unspecified atom stereocenters. The first-order valence-electron chi connectivity index (χ1n) is 10.1. The second-order valence-corrected chi connectivity index (χ2v) is 7.98. The molecule has 0 bridgehead atoms. The molecule has 1 amide bonds. The minimum Gasteiger partial charge on any atom is -0.368 e. The molecular formula is C24H24ClN3O2. The Kier molecular flexibility index (Phi) is 5.91. The van der Waals surface area contributed by atoms with Crippen molar-refractivity contribution in [3.05, 3.63) is 88.7 Å². The molecule has 3 aromatic rings. The number of hydrogen-bond donors (Lipinski definition) is 0. The van der Waals surface area contributed by atoms with E-state index in [1.54, 1.807) is 11.0 Å². The predicted octanol–water partition coefficient (Wildman–Crippen LogP) is 4.03. The first kappa shape index (κ1) is 20.2.